The second-order valence-electron chi connectivity index (χ2n) is 8.02. The van der Waals surface area contributed by atoms with E-state index in [-0.39, 0.29) is 5.91 Å². The van der Waals surface area contributed by atoms with Gasteiger partial charge in [0, 0.05) is 10.9 Å². The van der Waals surface area contributed by atoms with Crippen molar-refractivity contribution in [3.8, 4) is 22.4 Å². The summed E-state index contributed by atoms with van der Waals surface area (Å²) in [6, 6.07) is 37.7. The summed E-state index contributed by atoms with van der Waals surface area (Å²) in [5, 5.41) is 5.17. The smallest absolute Gasteiger partial charge is 0.267 e. The van der Waals surface area contributed by atoms with Crippen LogP contribution in [0.25, 0.3) is 33.3 Å². The monoisotopic (exact) mass is 441 g/mol. The lowest BCUT2D eigenvalue weighted by Crippen LogP contribution is -2.20. The minimum absolute atomic E-state index is 0.268. The van der Waals surface area contributed by atoms with Gasteiger partial charge in [0.25, 0.3) is 5.91 Å². The molecule has 0 fully saturated rings. The zero-order valence-electron chi connectivity index (χ0n) is 18.8. The Bertz CT molecular complexity index is 1470. The molecule has 0 radical (unpaired) electrons. The summed E-state index contributed by atoms with van der Waals surface area (Å²) in [7, 11) is 0. The molecular formula is C30H23N3O. The molecule has 164 valence electrons. The van der Waals surface area contributed by atoms with E-state index >= 15 is 0 Å². The number of carbonyl (C=O) groups excluding carboxylic acids is 1. The van der Waals surface area contributed by atoms with Crippen LogP contribution in [0.3, 0.4) is 0 Å². The molecule has 0 spiro atoms. The maximum absolute atomic E-state index is 13.2. The summed E-state index contributed by atoms with van der Waals surface area (Å²) in [5.74, 6) is -0.268. The third-order valence-electron chi connectivity index (χ3n) is 5.77. The predicted molar refractivity (Wildman–Crippen MR) is 139 cm³/mol. The molecule has 5 rings (SSSR count). The number of aromatic nitrogens is 1. The Morgan fingerprint density at radius 2 is 1.29 bits per heavy atom. The second kappa shape index (κ2) is 9.51. The van der Waals surface area contributed by atoms with Gasteiger partial charge in [0.2, 0.25) is 0 Å². The Balaban J connectivity index is 1.41. The lowest BCUT2D eigenvalue weighted by molar-refractivity contribution is 0.0956. The summed E-state index contributed by atoms with van der Waals surface area (Å²) >= 11 is 0. The number of hydrogen-bond donors (Lipinski definition) is 1. The van der Waals surface area contributed by atoms with Gasteiger partial charge in [-0.3, -0.25) is 4.79 Å². The average molecular weight is 442 g/mol. The van der Waals surface area contributed by atoms with Crippen LogP contribution in [0.5, 0.6) is 0 Å². The molecule has 4 nitrogen and oxygen atoms in total. The molecule has 0 aliphatic heterocycles. The van der Waals surface area contributed by atoms with Crippen molar-refractivity contribution in [1.29, 1.82) is 0 Å². The minimum atomic E-state index is -0.268. The largest absolute Gasteiger partial charge is 0.272 e. The topological polar surface area (TPSA) is 54.4 Å². The third kappa shape index (κ3) is 4.48. The number of para-hydroxylation sites is 1. The van der Waals surface area contributed by atoms with Crippen molar-refractivity contribution >= 4 is 22.5 Å². The molecule has 0 saturated heterocycles. The van der Waals surface area contributed by atoms with Gasteiger partial charge in [-0.2, -0.15) is 5.10 Å². The summed E-state index contributed by atoms with van der Waals surface area (Å²) < 4.78 is 0. The van der Waals surface area contributed by atoms with E-state index in [0.29, 0.717) is 5.56 Å². The maximum atomic E-state index is 13.2. The van der Waals surface area contributed by atoms with E-state index in [1.165, 1.54) is 0 Å². The molecule has 34 heavy (non-hydrogen) atoms. The molecule has 1 heterocycles. The van der Waals surface area contributed by atoms with Crippen LogP contribution in [0, 0.1) is 0 Å². The van der Waals surface area contributed by atoms with E-state index in [9.17, 15) is 4.79 Å². The van der Waals surface area contributed by atoms with Gasteiger partial charge in [-0.1, -0.05) is 103 Å². The predicted octanol–water partition coefficient (Wildman–Crippen LogP) is 6.72. The van der Waals surface area contributed by atoms with Crippen LogP contribution < -0.4 is 5.43 Å². The van der Waals surface area contributed by atoms with Crippen LogP contribution in [-0.2, 0) is 0 Å². The number of nitrogens with one attached hydrogen (secondary N) is 1. The lowest BCUT2D eigenvalue weighted by atomic mass is 10.0. The van der Waals surface area contributed by atoms with Gasteiger partial charge in [-0.25, -0.2) is 10.4 Å². The van der Waals surface area contributed by atoms with E-state index in [2.05, 4.69) is 34.8 Å². The summed E-state index contributed by atoms with van der Waals surface area (Å²) in [4.78, 5) is 17.9. The van der Waals surface area contributed by atoms with Crippen molar-refractivity contribution < 1.29 is 4.79 Å². The first-order valence-electron chi connectivity index (χ1n) is 11.1. The molecule has 0 saturated carbocycles. The molecule has 5 aromatic rings. The van der Waals surface area contributed by atoms with Gasteiger partial charge in [-0.05, 0) is 35.7 Å². The highest BCUT2D eigenvalue weighted by Crippen LogP contribution is 2.25. The van der Waals surface area contributed by atoms with Gasteiger partial charge < -0.3 is 0 Å². The van der Waals surface area contributed by atoms with Crippen LogP contribution in [0.1, 0.15) is 22.8 Å². The Kier molecular flexibility index (Phi) is 5.95. The normalized spacial score (nSPS) is 11.4. The van der Waals surface area contributed by atoms with Gasteiger partial charge in [0.1, 0.15) is 0 Å². The first-order valence-corrected chi connectivity index (χ1v) is 11.1. The number of hydrogen-bond acceptors (Lipinski definition) is 3. The Morgan fingerprint density at radius 3 is 2.00 bits per heavy atom. The number of nitrogens with zero attached hydrogens (tertiary/aromatic N) is 2. The zero-order valence-corrected chi connectivity index (χ0v) is 18.8. The highest BCUT2D eigenvalue weighted by Gasteiger charge is 2.14. The van der Waals surface area contributed by atoms with Crippen LogP contribution in [-0.4, -0.2) is 16.6 Å². The van der Waals surface area contributed by atoms with E-state index in [4.69, 9.17) is 4.98 Å². The van der Waals surface area contributed by atoms with E-state index in [1.54, 1.807) is 0 Å². The Labute approximate surface area is 198 Å². The molecule has 1 N–H and O–H groups in total. The average Bonchev–Trinajstić information content (AvgIpc) is 2.92. The highest BCUT2D eigenvalue weighted by molar-refractivity contribution is 6.08. The molecule has 4 heteroatoms. The van der Waals surface area contributed by atoms with Crippen LogP contribution in [0.4, 0.5) is 0 Å². The van der Waals surface area contributed by atoms with Gasteiger partial charge >= 0.3 is 0 Å². The standard InChI is InChI=1S/C30H23N3O/c1-21(22-16-18-24(19-17-22)23-10-4-2-5-11-23)32-33-30(34)27-20-29(25-12-6-3-7-13-25)31-28-15-9-8-14-26(27)28/h2-20H,1H3,(H,33,34). The molecule has 0 atom stereocenters. The zero-order chi connectivity index (χ0) is 23.3. The van der Waals surface area contributed by atoms with Crippen LogP contribution >= 0.6 is 0 Å². The number of benzene rings is 4. The maximum Gasteiger partial charge on any atom is 0.272 e. The van der Waals surface area contributed by atoms with Crippen molar-refractivity contribution in [3.63, 3.8) is 0 Å². The number of rotatable bonds is 5. The second-order valence-corrected chi connectivity index (χ2v) is 8.02. The summed E-state index contributed by atoms with van der Waals surface area (Å²) in [6.07, 6.45) is 0. The van der Waals surface area contributed by atoms with Crippen LogP contribution in [0.15, 0.2) is 120 Å². The van der Waals surface area contributed by atoms with Gasteiger partial charge in [-0.15, -0.1) is 0 Å². The van der Waals surface area contributed by atoms with Gasteiger partial charge in [0.15, 0.2) is 0 Å². The number of carbonyl (C=O) groups is 1. The number of pyridine rings is 1. The Hall–Kier alpha value is -4.57. The van der Waals surface area contributed by atoms with Crippen molar-refractivity contribution in [3.05, 3.63) is 126 Å². The molecule has 1 amide bonds. The quantitative estimate of drug-likeness (QED) is 0.243. The molecule has 0 aliphatic carbocycles. The molecule has 0 unspecified atom stereocenters. The molecule has 1 aromatic heterocycles. The lowest BCUT2D eigenvalue weighted by Gasteiger charge is -2.10. The SMILES string of the molecule is CC(=NNC(=O)c1cc(-c2ccccc2)nc2ccccc12)c1ccc(-c2ccccc2)cc1. The minimum Gasteiger partial charge on any atom is -0.267 e. The Morgan fingerprint density at radius 1 is 0.706 bits per heavy atom. The fraction of sp³-hybridized carbons (Fsp3) is 0.0333. The summed E-state index contributed by atoms with van der Waals surface area (Å²) in [5.41, 5.74) is 9.74. The van der Waals surface area contributed by atoms with E-state index in [1.807, 2.05) is 97.9 Å². The number of fused-ring (bicyclic) bond motifs is 1. The van der Waals surface area contributed by atoms with Crippen molar-refractivity contribution in [2.45, 2.75) is 6.92 Å². The van der Waals surface area contributed by atoms with E-state index < -0.39 is 0 Å². The molecule has 4 aromatic carbocycles. The molecular weight excluding hydrogens is 418 g/mol. The fourth-order valence-corrected chi connectivity index (χ4v) is 3.91. The van der Waals surface area contributed by atoms with Crippen LogP contribution in [0.2, 0.25) is 0 Å². The van der Waals surface area contributed by atoms with Crippen molar-refractivity contribution in [2.75, 3.05) is 0 Å². The third-order valence-corrected chi connectivity index (χ3v) is 5.77. The first-order chi connectivity index (χ1) is 16.7. The molecule has 0 bridgehead atoms. The van der Waals surface area contributed by atoms with Crippen molar-refractivity contribution in [2.24, 2.45) is 5.10 Å². The van der Waals surface area contributed by atoms with Crippen molar-refractivity contribution in [1.82, 2.24) is 10.4 Å². The fourth-order valence-electron chi connectivity index (χ4n) is 3.91. The van der Waals surface area contributed by atoms with Gasteiger partial charge in [0.05, 0.1) is 22.5 Å². The first kappa shape index (κ1) is 21.3. The van der Waals surface area contributed by atoms with E-state index in [0.717, 1.165) is 44.6 Å². The summed E-state index contributed by atoms with van der Waals surface area (Å²) in [6.45, 7) is 1.89. The highest BCUT2D eigenvalue weighted by atomic mass is 16.2. The number of hydrazone groups is 1. The number of amides is 1. The molecule has 0 aliphatic rings.